The number of ether oxygens (including phenoxy) is 1. The second-order valence-electron chi connectivity index (χ2n) is 6.24. The van der Waals surface area contributed by atoms with Gasteiger partial charge in [-0.05, 0) is 43.2 Å². The van der Waals surface area contributed by atoms with Gasteiger partial charge in [-0.3, -0.25) is 14.6 Å². The van der Waals surface area contributed by atoms with Gasteiger partial charge in [-0.15, -0.1) is 0 Å². The molecule has 5 nitrogen and oxygen atoms in total. The van der Waals surface area contributed by atoms with E-state index in [2.05, 4.69) is 9.72 Å². The first-order valence-electron chi connectivity index (χ1n) is 8.49. The van der Waals surface area contributed by atoms with E-state index in [4.69, 9.17) is 0 Å². The fraction of sp³-hybridized carbons (Fsp3) is 0.286. The zero-order valence-corrected chi connectivity index (χ0v) is 15.5. The van der Waals surface area contributed by atoms with Gasteiger partial charge in [0.15, 0.2) is 0 Å². The number of aliphatic hydroxyl groups excluding tert-OH is 1. The third kappa shape index (κ3) is 5.82. The molecule has 0 saturated carbocycles. The average Bonchev–Trinajstić information content (AvgIpc) is 2.60. The Morgan fingerprint density at radius 2 is 1.93 bits per heavy atom. The Balaban J connectivity index is 2.24. The first-order valence-corrected chi connectivity index (χ1v) is 8.49. The number of pyridine rings is 1. The van der Waals surface area contributed by atoms with Crippen LogP contribution in [0.25, 0.3) is 17.2 Å². The van der Waals surface area contributed by atoms with Gasteiger partial charge < -0.3 is 9.84 Å². The number of methoxy groups -OCH3 is 1. The van der Waals surface area contributed by atoms with E-state index in [0.29, 0.717) is 0 Å². The monoisotopic (exact) mass is 371 g/mol. The van der Waals surface area contributed by atoms with Crippen molar-refractivity contribution in [2.75, 3.05) is 7.11 Å². The van der Waals surface area contributed by atoms with Crippen molar-refractivity contribution in [1.29, 1.82) is 0 Å². The Morgan fingerprint density at radius 3 is 2.56 bits per heavy atom. The first kappa shape index (κ1) is 20.5. The van der Waals surface area contributed by atoms with Crippen LogP contribution in [0.1, 0.15) is 29.8 Å². The van der Waals surface area contributed by atoms with Gasteiger partial charge in [0.05, 0.1) is 13.2 Å². The molecule has 2 rings (SSSR count). The Kier molecular flexibility index (Phi) is 6.96. The number of carbonyl (C=O) groups excluding carboxylic acids is 2. The number of rotatable bonds is 7. The van der Waals surface area contributed by atoms with E-state index in [0.717, 1.165) is 28.1 Å². The molecular weight excluding hydrogens is 349 g/mol. The number of carbonyl (C=O) groups is 2. The van der Waals surface area contributed by atoms with E-state index in [1.54, 1.807) is 18.2 Å². The molecule has 1 aromatic heterocycles. The summed E-state index contributed by atoms with van der Waals surface area (Å²) in [6.45, 7) is 3.71. The minimum absolute atomic E-state index is 0.185. The lowest BCUT2D eigenvalue weighted by molar-refractivity contribution is -0.143. The standard InChI is InChI=1S/C21H22FNO4/c1-13-10-20(15-4-6-16(22)7-5-15)19(14(2)23-13)9-8-17(24)11-18(25)12-21(26)27-3/h4-10,17,24H,11-12H2,1-3H3. The number of benzene rings is 1. The molecule has 0 saturated heterocycles. The molecule has 0 bridgehead atoms. The lowest BCUT2D eigenvalue weighted by atomic mass is 9.97. The Bertz CT molecular complexity index is 859. The van der Waals surface area contributed by atoms with Crippen molar-refractivity contribution >= 4 is 17.8 Å². The molecule has 1 aromatic carbocycles. The number of ketones is 1. The third-order valence-electron chi connectivity index (χ3n) is 4.02. The molecule has 0 spiro atoms. The normalized spacial score (nSPS) is 12.2. The highest BCUT2D eigenvalue weighted by atomic mass is 19.1. The van der Waals surface area contributed by atoms with Gasteiger partial charge in [0, 0.05) is 23.4 Å². The van der Waals surface area contributed by atoms with E-state index in [9.17, 15) is 19.1 Å². The molecule has 2 aromatic rings. The van der Waals surface area contributed by atoms with E-state index >= 15 is 0 Å². The molecule has 1 heterocycles. The molecular formula is C21H22FNO4. The molecule has 0 aliphatic heterocycles. The summed E-state index contributed by atoms with van der Waals surface area (Å²) in [4.78, 5) is 27.3. The number of Topliss-reactive ketones (excluding diaryl/α,β-unsaturated/α-hetero) is 1. The van der Waals surface area contributed by atoms with Crippen molar-refractivity contribution in [3.8, 4) is 11.1 Å². The minimum atomic E-state index is -1.04. The maximum Gasteiger partial charge on any atom is 0.313 e. The molecule has 1 unspecified atom stereocenters. The molecule has 0 aliphatic rings. The van der Waals surface area contributed by atoms with Gasteiger partial charge in [-0.1, -0.05) is 24.3 Å². The SMILES string of the molecule is COC(=O)CC(=O)CC(O)C=Cc1c(-c2ccc(F)cc2)cc(C)nc1C. The van der Waals surface area contributed by atoms with Crippen LogP contribution in [0.4, 0.5) is 4.39 Å². The van der Waals surface area contributed by atoms with Crippen LogP contribution in [0.3, 0.4) is 0 Å². The summed E-state index contributed by atoms with van der Waals surface area (Å²) in [6, 6.07) is 8.01. The maximum atomic E-state index is 13.2. The number of nitrogens with zero attached hydrogens (tertiary/aromatic N) is 1. The quantitative estimate of drug-likeness (QED) is 0.596. The fourth-order valence-corrected chi connectivity index (χ4v) is 2.73. The van der Waals surface area contributed by atoms with Crippen LogP contribution in [0.15, 0.2) is 36.4 Å². The van der Waals surface area contributed by atoms with Crippen molar-refractivity contribution in [2.24, 2.45) is 0 Å². The number of hydrogen-bond donors (Lipinski definition) is 1. The molecule has 6 heteroatoms. The van der Waals surface area contributed by atoms with Crippen molar-refractivity contribution < 1.29 is 23.8 Å². The topological polar surface area (TPSA) is 76.5 Å². The van der Waals surface area contributed by atoms with Crippen molar-refractivity contribution in [3.05, 3.63) is 59.2 Å². The third-order valence-corrected chi connectivity index (χ3v) is 4.02. The van der Waals surface area contributed by atoms with Gasteiger partial charge in [0.25, 0.3) is 0 Å². The van der Waals surface area contributed by atoms with Crippen LogP contribution in [-0.2, 0) is 14.3 Å². The van der Waals surface area contributed by atoms with Crippen LogP contribution in [0, 0.1) is 19.7 Å². The van der Waals surface area contributed by atoms with Crippen molar-refractivity contribution in [1.82, 2.24) is 4.98 Å². The fourth-order valence-electron chi connectivity index (χ4n) is 2.73. The van der Waals surface area contributed by atoms with Gasteiger partial charge in [-0.25, -0.2) is 4.39 Å². The molecule has 142 valence electrons. The summed E-state index contributed by atoms with van der Waals surface area (Å²) < 4.78 is 17.7. The lowest BCUT2D eigenvalue weighted by Gasteiger charge is -2.12. The van der Waals surface area contributed by atoms with Crippen molar-refractivity contribution in [2.45, 2.75) is 32.8 Å². The molecule has 1 N–H and O–H groups in total. The molecule has 0 fully saturated rings. The van der Waals surface area contributed by atoms with Crippen LogP contribution in [-0.4, -0.2) is 35.1 Å². The zero-order valence-electron chi connectivity index (χ0n) is 15.5. The van der Waals surface area contributed by atoms with Gasteiger partial charge >= 0.3 is 5.97 Å². The van der Waals surface area contributed by atoms with Crippen molar-refractivity contribution in [3.63, 3.8) is 0 Å². The minimum Gasteiger partial charge on any atom is -0.469 e. The molecule has 0 aliphatic carbocycles. The summed E-state index contributed by atoms with van der Waals surface area (Å²) in [5.74, 6) is -1.36. The van der Waals surface area contributed by atoms with Crippen LogP contribution in [0.2, 0.25) is 0 Å². The number of aliphatic hydroxyl groups is 1. The number of hydrogen-bond acceptors (Lipinski definition) is 5. The Labute approximate surface area is 157 Å². The average molecular weight is 371 g/mol. The second kappa shape index (κ2) is 9.19. The highest BCUT2D eigenvalue weighted by Gasteiger charge is 2.14. The van der Waals surface area contributed by atoms with E-state index in [-0.39, 0.29) is 18.7 Å². The summed E-state index contributed by atoms with van der Waals surface area (Å²) >= 11 is 0. The van der Waals surface area contributed by atoms with E-state index < -0.39 is 17.9 Å². The lowest BCUT2D eigenvalue weighted by Crippen LogP contribution is -2.15. The van der Waals surface area contributed by atoms with E-state index in [1.165, 1.54) is 25.3 Å². The smallest absolute Gasteiger partial charge is 0.313 e. The van der Waals surface area contributed by atoms with Gasteiger partial charge in [0.2, 0.25) is 0 Å². The molecule has 27 heavy (non-hydrogen) atoms. The number of halogens is 1. The predicted octanol–water partition coefficient (Wildman–Crippen LogP) is 3.40. The summed E-state index contributed by atoms with van der Waals surface area (Å²) in [7, 11) is 1.20. The largest absolute Gasteiger partial charge is 0.469 e. The summed E-state index contributed by atoms with van der Waals surface area (Å²) in [5.41, 5.74) is 4.01. The first-order chi connectivity index (χ1) is 12.8. The van der Waals surface area contributed by atoms with Gasteiger partial charge in [-0.2, -0.15) is 0 Å². The Morgan fingerprint density at radius 1 is 1.26 bits per heavy atom. The predicted molar refractivity (Wildman–Crippen MR) is 100 cm³/mol. The van der Waals surface area contributed by atoms with Crippen LogP contribution < -0.4 is 0 Å². The highest BCUT2D eigenvalue weighted by molar-refractivity contribution is 5.95. The summed E-state index contributed by atoms with van der Waals surface area (Å²) in [5, 5.41) is 10.1. The maximum absolute atomic E-state index is 13.2. The summed E-state index contributed by atoms with van der Waals surface area (Å²) in [6.07, 6.45) is 1.59. The number of aromatic nitrogens is 1. The molecule has 0 amide bonds. The second-order valence-corrected chi connectivity index (χ2v) is 6.24. The highest BCUT2D eigenvalue weighted by Crippen LogP contribution is 2.28. The van der Waals surface area contributed by atoms with Crippen LogP contribution >= 0.6 is 0 Å². The Hall–Kier alpha value is -2.86. The van der Waals surface area contributed by atoms with E-state index in [1.807, 2.05) is 19.9 Å². The number of esters is 1. The molecule has 0 radical (unpaired) electrons. The zero-order chi connectivity index (χ0) is 20.0. The number of aryl methyl sites for hydroxylation is 2. The van der Waals surface area contributed by atoms with Gasteiger partial charge in [0.1, 0.15) is 18.0 Å². The molecule has 1 atom stereocenters. The van der Waals surface area contributed by atoms with Crippen LogP contribution in [0.5, 0.6) is 0 Å².